The number of rotatable bonds is 5. The Morgan fingerprint density at radius 2 is 2.12 bits per heavy atom. The molecule has 8 heteroatoms. The Morgan fingerprint density at radius 3 is 2.72 bits per heavy atom. The van der Waals surface area contributed by atoms with Crippen LogP contribution in [0.15, 0.2) is 29.3 Å². The van der Waals surface area contributed by atoms with E-state index in [0.717, 1.165) is 24.4 Å². The van der Waals surface area contributed by atoms with Crippen molar-refractivity contribution >= 4 is 39.8 Å². The zero-order valence-electron chi connectivity index (χ0n) is 14.3. The molecule has 1 aliphatic carbocycles. The van der Waals surface area contributed by atoms with Crippen LogP contribution in [0.2, 0.25) is 0 Å². The van der Waals surface area contributed by atoms with E-state index in [9.17, 15) is 12.8 Å². The van der Waals surface area contributed by atoms with E-state index in [1.165, 1.54) is 12.1 Å². The standard InChI is InChI=1S/C17H24FN3O2S.HI/c1-21(11-13-3-2-4-15(18)9-13)17(20-16-5-6-16)19-10-14-7-8-24(22,23)12-14;/h2-4,9,14,16H,5-8,10-12H2,1H3,(H,19,20);1H. The van der Waals surface area contributed by atoms with Crippen molar-refractivity contribution in [2.45, 2.75) is 31.8 Å². The highest BCUT2D eigenvalue weighted by Crippen LogP contribution is 2.21. The molecule has 1 atom stereocenters. The predicted molar refractivity (Wildman–Crippen MR) is 109 cm³/mol. The highest BCUT2D eigenvalue weighted by atomic mass is 127. The normalized spacial score (nSPS) is 22.3. The smallest absolute Gasteiger partial charge is 0.194 e. The van der Waals surface area contributed by atoms with Crippen LogP contribution >= 0.6 is 24.0 Å². The highest BCUT2D eigenvalue weighted by molar-refractivity contribution is 14.0. The molecule has 140 valence electrons. The van der Waals surface area contributed by atoms with Crippen LogP contribution in [0.1, 0.15) is 24.8 Å². The minimum absolute atomic E-state index is 0. The van der Waals surface area contributed by atoms with Crippen LogP contribution < -0.4 is 5.32 Å². The lowest BCUT2D eigenvalue weighted by Crippen LogP contribution is -2.40. The third-order valence-electron chi connectivity index (χ3n) is 4.41. The number of aliphatic imine (C=N–C) groups is 1. The molecule has 3 rings (SSSR count). The van der Waals surface area contributed by atoms with Gasteiger partial charge in [0.15, 0.2) is 15.8 Å². The molecule has 0 bridgehead atoms. The Kier molecular flexibility index (Phi) is 7.07. The monoisotopic (exact) mass is 481 g/mol. The van der Waals surface area contributed by atoms with Crippen LogP contribution in [-0.4, -0.2) is 50.4 Å². The van der Waals surface area contributed by atoms with Crippen molar-refractivity contribution in [3.05, 3.63) is 35.6 Å². The van der Waals surface area contributed by atoms with Crippen molar-refractivity contribution in [2.75, 3.05) is 25.1 Å². The molecule has 2 fully saturated rings. The van der Waals surface area contributed by atoms with Gasteiger partial charge in [-0.05, 0) is 42.9 Å². The fraction of sp³-hybridized carbons (Fsp3) is 0.588. The van der Waals surface area contributed by atoms with E-state index < -0.39 is 9.84 Å². The average Bonchev–Trinajstić information content (AvgIpc) is 3.26. The van der Waals surface area contributed by atoms with Gasteiger partial charge in [0.2, 0.25) is 0 Å². The first-order valence-corrected chi connectivity index (χ1v) is 10.2. The summed E-state index contributed by atoms with van der Waals surface area (Å²) in [6, 6.07) is 6.99. The van der Waals surface area contributed by atoms with Gasteiger partial charge in [-0.2, -0.15) is 0 Å². The SMILES string of the molecule is CN(Cc1cccc(F)c1)C(=NCC1CCS(=O)(=O)C1)NC1CC1.I. The Bertz CT molecular complexity index is 722. The fourth-order valence-corrected chi connectivity index (χ4v) is 4.75. The van der Waals surface area contributed by atoms with Gasteiger partial charge in [0.1, 0.15) is 5.82 Å². The second kappa shape index (κ2) is 8.66. The molecule has 0 radical (unpaired) electrons. The number of guanidine groups is 1. The van der Waals surface area contributed by atoms with Gasteiger partial charge >= 0.3 is 0 Å². The van der Waals surface area contributed by atoms with Crippen molar-refractivity contribution in [3.8, 4) is 0 Å². The molecule has 1 aromatic carbocycles. The molecule has 25 heavy (non-hydrogen) atoms. The molecule has 1 unspecified atom stereocenters. The number of sulfone groups is 1. The number of nitrogens with zero attached hydrogens (tertiary/aromatic N) is 2. The van der Waals surface area contributed by atoms with Crippen LogP contribution in [0.3, 0.4) is 0 Å². The summed E-state index contributed by atoms with van der Waals surface area (Å²) in [5.74, 6) is 1.14. The van der Waals surface area contributed by atoms with Crippen LogP contribution in [0.5, 0.6) is 0 Å². The molecule has 2 aliphatic rings. The van der Waals surface area contributed by atoms with Gasteiger partial charge in [-0.3, -0.25) is 4.99 Å². The summed E-state index contributed by atoms with van der Waals surface area (Å²) < 4.78 is 36.5. The summed E-state index contributed by atoms with van der Waals surface area (Å²) in [4.78, 5) is 6.61. The van der Waals surface area contributed by atoms with Crippen molar-refractivity contribution in [1.29, 1.82) is 0 Å². The number of nitrogens with one attached hydrogen (secondary N) is 1. The van der Waals surface area contributed by atoms with Gasteiger partial charge in [-0.1, -0.05) is 12.1 Å². The minimum atomic E-state index is -2.87. The lowest BCUT2D eigenvalue weighted by atomic mass is 10.1. The first-order valence-electron chi connectivity index (χ1n) is 8.38. The molecule has 1 aromatic rings. The summed E-state index contributed by atoms with van der Waals surface area (Å²) in [5, 5.41) is 3.40. The van der Waals surface area contributed by atoms with E-state index >= 15 is 0 Å². The van der Waals surface area contributed by atoms with E-state index in [-0.39, 0.29) is 47.2 Å². The molecular formula is C17H25FIN3O2S. The first-order chi connectivity index (χ1) is 11.4. The van der Waals surface area contributed by atoms with Gasteiger partial charge in [-0.15, -0.1) is 24.0 Å². The topological polar surface area (TPSA) is 61.8 Å². The van der Waals surface area contributed by atoms with Gasteiger partial charge in [0.25, 0.3) is 0 Å². The van der Waals surface area contributed by atoms with Crippen LogP contribution in [0.25, 0.3) is 0 Å². The van der Waals surface area contributed by atoms with E-state index in [1.54, 1.807) is 6.07 Å². The summed E-state index contributed by atoms with van der Waals surface area (Å²) in [6.07, 6.45) is 2.95. The van der Waals surface area contributed by atoms with Crippen LogP contribution in [-0.2, 0) is 16.4 Å². The maximum atomic E-state index is 13.3. The lowest BCUT2D eigenvalue weighted by Gasteiger charge is -2.23. The summed E-state index contributed by atoms with van der Waals surface area (Å²) in [6.45, 7) is 1.07. The molecule has 1 N–H and O–H groups in total. The van der Waals surface area contributed by atoms with Gasteiger partial charge in [0.05, 0.1) is 11.5 Å². The molecule has 0 aromatic heterocycles. The maximum Gasteiger partial charge on any atom is 0.194 e. The third-order valence-corrected chi connectivity index (χ3v) is 6.24. The average molecular weight is 481 g/mol. The van der Waals surface area contributed by atoms with E-state index in [1.807, 2.05) is 18.0 Å². The van der Waals surface area contributed by atoms with Gasteiger partial charge < -0.3 is 10.2 Å². The zero-order valence-corrected chi connectivity index (χ0v) is 17.5. The van der Waals surface area contributed by atoms with Crippen molar-refractivity contribution < 1.29 is 12.8 Å². The lowest BCUT2D eigenvalue weighted by molar-refractivity contribution is 0.468. The molecular weight excluding hydrogens is 456 g/mol. The molecule has 1 aliphatic heterocycles. The summed E-state index contributed by atoms with van der Waals surface area (Å²) in [5.41, 5.74) is 0.881. The number of benzene rings is 1. The van der Waals surface area contributed by atoms with Gasteiger partial charge in [0, 0.05) is 26.2 Å². The molecule has 1 heterocycles. The van der Waals surface area contributed by atoms with Crippen molar-refractivity contribution in [1.82, 2.24) is 10.2 Å². The van der Waals surface area contributed by atoms with Gasteiger partial charge in [-0.25, -0.2) is 12.8 Å². The minimum Gasteiger partial charge on any atom is -0.354 e. The van der Waals surface area contributed by atoms with Crippen molar-refractivity contribution in [3.63, 3.8) is 0 Å². The van der Waals surface area contributed by atoms with Crippen molar-refractivity contribution in [2.24, 2.45) is 10.9 Å². The molecule has 5 nitrogen and oxygen atoms in total. The second-order valence-electron chi connectivity index (χ2n) is 6.84. The molecule has 1 saturated carbocycles. The van der Waals surface area contributed by atoms with E-state index in [0.29, 0.717) is 25.6 Å². The van der Waals surface area contributed by atoms with Crippen LogP contribution in [0, 0.1) is 11.7 Å². The third kappa shape index (κ3) is 6.40. The fourth-order valence-electron chi connectivity index (χ4n) is 2.90. The number of halogens is 2. The van der Waals surface area contributed by atoms with E-state index in [2.05, 4.69) is 10.3 Å². The Morgan fingerprint density at radius 1 is 1.36 bits per heavy atom. The second-order valence-corrected chi connectivity index (χ2v) is 9.07. The highest BCUT2D eigenvalue weighted by Gasteiger charge is 2.28. The molecule has 0 spiro atoms. The largest absolute Gasteiger partial charge is 0.354 e. The summed E-state index contributed by atoms with van der Waals surface area (Å²) in [7, 11) is -0.951. The predicted octanol–water partition coefficient (Wildman–Crippen LogP) is 2.42. The van der Waals surface area contributed by atoms with Crippen LogP contribution in [0.4, 0.5) is 4.39 Å². The first kappa shape index (κ1) is 20.4. The molecule has 1 saturated heterocycles. The Balaban J connectivity index is 0.00000225. The Labute approximate surface area is 166 Å². The summed E-state index contributed by atoms with van der Waals surface area (Å²) >= 11 is 0. The number of hydrogen-bond donors (Lipinski definition) is 1. The zero-order chi connectivity index (χ0) is 17.2. The number of hydrogen-bond acceptors (Lipinski definition) is 3. The molecule has 0 amide bonds. The quantitative estimate of drug-likeness (QED) is 0.399. The maximum absolute atomic E-state index is 13.3. The van der Waals surface area contributed by atoms with E-state index in [4.69, 9.17) is 0 Å². The Hall–Kier alpha value is -0.900.